The van der Waals surface area contributed by atoms with Gasteiger partial charge >= 0.3 is 0 Å². The summed E-state index contributed by atoms with van der Waals surface area (Å²) in [5.74, 6) is 0.292. The van der Waals surface area contributed by atoms with Crippen molar-refractivity contribution in [2.45, 2.75) is 33.6 Å². The van der Waals surface area contributed by atoms with Gasteiger partial charge in [0, 0.05) is 6.92 Å². The second kappa shape index (κ2) is 6.78. The van der Waals surface area contributed by atoms with Crippen molar-refractivity contribution >= 4 is 11.8 Å². The van der Waals surface area contributed by atoms with Crippen LogP contribution in [0, 0.1) is 6.92 Å². The largest absolute Gasteiger partial charge is 0.483 e. The number of ether oxygens (including phenoxy) is 1. The van der Waals surface area contributed by atoms with Crippen LogP contribution in [0.15, 0.2) is 18.2 Å². The van der Waals surface area contributed by atoms with Crippen LogP contribution < -0.4 is 15.6 Å². The van der Waals surface area contributed by atoms with Gasteiger partial charge in [-0.2, -0.15) is 0 Å². The number of rotatable bonds is 4. The van der Waals surface area contributed by atoms with E-state index in [1.165, 1.54) is 6.92 Å². The number of hydrogen-bond donors (Lipinski definition) is 2. The second-order valence-corrected chi connectivity index (χ2v) is 4.71. The highest BCUT2D eigenvalue weighted by atomic mass is 16.5. The van der Waals surface area contributed by atoms with E-state index >= 15 is 0 Å². The van der Waals surface area contributed by atoms with Crippen molar-refractivity contribution in [2.75, 3.05) is 6.61 Å². The molecule has 2 N–H and O–H groups in total. The van der Waals surface area contributed by atoms with Gasteiger partial charge in [0.1, 0.15) is 5.75 Å². The molecule has 5 heteroatoms. The number of benzene rings is 1. The maximum absolute atomic E-state index is 11.4. The Bertz CT molecular complexity index is 470. The van der Waals surface area contributed by atoms with Gasteiger partial charge in [-0.25, -0.2) is 0 Å². The first-order valence-corrected chi connectivity index (χ1v) is 6.19. The van der Waals surface area contributed by atoms with Crippen LogP contribution in [-0.4, -0.2) is 18.4 Å². The minimum absolute atomic E-state index is 0.135. The van der Waals surface area contributed by atoms with Crippen LogP contribution in [0.1, 0.15) is 37.8 Å². The van der Waals surface area contributed by atoms with E-state index in [-0.39, 0.29) is 12.5 Å². The highest BCUT2D eigenvalue weighted by molar-refractivity contribution is 5.81. The molecule has 0 radical (unpaired) electrons. The van der Waals surface area contributed by atoms with Crippen LogP contribution in [-0.2, 0) is 9.59 Å². The Hall–Kier alpha value is -2.04. The molecule has 5 nitrogen and oxygen atoms in total. The van der Waals surface area contributed by atoms with Gasteiger partial charge in [0.15, 0.2) is 6.61 Å². The maximum atomic E-state index is 11.4. The number of nitrogens with one attached hydrogen (secondary N) is 2. The van der Waals surface area contributed by atoms with Gasteiger partial charge in [-0.3, -0.25) is 20.4 Å². The van der Waals surface area contributed by atoms with Crippen molar-refractivity contribution in [1.82, 2.24) is 10.9 Å². The molecule has 0 heterocycles. The fraction of sp³-hybridized carbons (Fsp3) is 0.429. The van der Waals surface area contributed by atoms with Gasteiger partial charge in [0.25, 0.3) is 5.91 Å². The van der Waals surface area contributed by atoms with Gasteiger partial charge < -0.3 is 4.74 Å². The van der Waals surface area contributed by atoms with Crippen molar-refractivity contribution in [2.24, 2.45) is 0 Å². The number of amides is 2. The Morgan fingerprint density at radius 3 is 2.53 bits per heavy atom. The summed E-state index contributed by atoms with van der Waals surface area (Å²) in [5, 5.41) is 0. The molecule has 0 fully saturated rings. The lowest BCUT2D eigenvalue weighted by Gasteiger charge is -2.14. The third kappa shape index (κ3) is 4.99. The molecule has 1 aromatic carbocycles. The first-order valence-electron chi connectivity index (χ1n) is 6.19. The molecule has 19 heavy (non-hydrogen) atoms. The van der Waals surface area contributed by atoms with Gasteiger partial charge in [-0.1, -0.05) is 26.0 Å². The van der Waals surface area contributed by atoms with Crippen LogP contribution in [0.3, 0.4) is 0 Å². The molecular weight excluding hydrogens is 244 g/mol. The summed E-state index contributed by atoms with van der Waals surface area (Å²) in [6.45, 7) is 7.28. The molecule has 0 saturated carbocycles. The average Bonchev–Trinajstić information content (AvgIpc) is 2.33. The zero-order valence-electron chi connectivity index (χ0n) is 11.7. The summed E-state index contributed by atoms with van der Waals surface area (Å²) in [4.78, 5) is 22.1. The molecule has 0 aliphatic heterocycles. The number of hydrogen-bond acceptors (Lipinski definition) is 3. The minimum Gasteiger partial charge on any atom is -0.483 e. The molecule has 0 aliphatic rings. The quantitative estimate of drug-likeness (QED) is 0.813. The zero-order valence-corrected chi connectivity index (χ0v) is 11.7. The molecule has 1 rings (SSSR count). The minimum atomic E-state index is -0.397. The van der Waals surface area contributed by atoms with E-state index in [1.807, 2.05) is 25.1 Å². The lowest BCUT2D eigenvalue weighted by molar-refractivity contribution is -0.129. The molecule has 104 valence electrons. The Balaban J connectivity index is 2.64. The van der Waals surface area contributed by atoms with Crippen LogP contribution in [0.5, 0.6) is 5.75 Å². The summed E-state index contributed by atoms with van der Waals surface area (Å²) in [5.41, 5.74) is 6.59. The number of hydrazine groups is 1. The number of carbonyl (C=O) groups is 2. The smallest absolute Gasteiger partial charge is 0.276 e. The second-order valence-electron chi connectivity index (χ2n) is 4.71. The highest BCUT2D eigenvalue weighted by Crippen LogP contribution is 2.27. The van der Waals surface area contributed by atoms with Gasteiger partial charge in [-0.05, 0) is 30.0 Å². The lowest BCUT2D eigenvalue weighted by Crippen LogP contribution is -2.42. The third-order valence-corrected chi connectivity index (χ3v) is 2.53. The Morgan fingerprint density at radius 2 is 1.95 bits per heavy atom. The van der Waals surface area contributed by atoms with Gasteiger partial charge in [0.05, 0.1) is 0 Å². The van der Waals surface area contributed by atoms with Crippen LogP contribution in [0.4, 0.5) is 0 Å². The third-order valence-electron chi connectivity index (χ3n) is 2.53. The van der Waals surface area contributed by atoms with Crippen molar-refractivity contribution in [3.8, 4) is 5.75 Å². The van der Waals surface area contributed by atoms with Crippen molar-refractivity contribution in [3.05, 3.63) is 29.3 Å². The molecule has 2 amide bonds. The molecule has 0 unspecified atom stereocenters. The van der Waals surface area contributed by atoms with E-state index in [0.717, 1.165) is 11.1 Å². The summed E-state index contributed by atoms with van der Waals surface area (Å²) in [6.07, 6.45) is 0. The molecule has 0 aliphatic carbocycles. The monoisotopic (exact) mass is 264 g/mol. The summed E-state index contributed by atoms with van der Waals surface area (Å²) < 4.78 is 5.51. The number of carbonyl (C=O) groups excluding carboxylic acids is 2. The Labute approximate surface area is 113 Å². The van der Waals surface area contributed by atoms with E-state index < -0.39 is 5.91 Å². The van der Waals surface area contributed by atoms with E-state index in [9.17, 15) is 9.59 Å². The molecule has 0 atom stereocenters. The molecular formula is C14H20N2O3. The molecule has 0 aromatic heterocycles. The fourth-order valence-corrected chi connectivity index (χ4v) is 1.58. The van der Waals surface area contributed by atoms with E-state index in [2.05, 4.69) is 24.7 Å². The standard InChI is InChI=1S/C14H20N2O3/c1-9(2)12-6-5-10(3)7-13(12)19-8-14(18)16-15-11(4)17/h5-7,9H,8H2,1-4H3,(H,15,17)(H,16,18). The fourth-order valence-electron chi connectivity index (χ4n) is 1.58. The van der Waals surface area contributed by atoms with Gasteiger partial charge in [0.2, 0.25) is 5.91 Å². The van der Waals surface area contributed by atoms with Crippen LogP contribution in [0.25, 0.3) is 0 Å². The maximum Gasteiger partial charge on any atom is 0.276 e. The number of aryl methyl sites for hydroxylation is 1. The van der Waals surface area contributed by atoms with Crippen LogP contribution >= 0.6 is 0 Å². The zero-order chi connectivity index (χ0) is 14.4. The summed E-state index contributed by atoms with van der Waals surface area (Å²) in [7, 11) is 0. The SMILES string of the molecule is CC(=O)NNC(=O)COc1cc(C)ccc1C(C)C. The first kappa shape index (κ1) is 15.0. The normalized spacial score (nSPS) is 10.2. The van der Waals surface area contributed by atoms with Crippen molar-refractivity contribution < 1.29 is 14.3 Å². The Kier molecular flexibility index (Phi) is 5.36. The van der Waals surface area contributed by atoms with E-state index in [4.69, 9.17) is 4.74 Å². The molecule has 0 saturated heterocycles. The molecule has 1 aromatic rings. The van der Waals surface area contributed by atoms with Crippen molar-refractivity contribution in [1.29, 1.82) is 0 Å². The predicted octanol–water partition coefficient (Wildman–Crippen LogP) is 1.66. The molecule has 0 spiro atoms. The predicted molar refractivity (Wildman–Crippen MR) is 72.7 cm³/mol. The van der Waals surface area contributed by atoms with Crippen molar-refractivity contribution in [3.63, 3.8) is 0 Å². The van der Waals surface area contributed by atoms with E-state index in [0.29, 0.717) is 11.7 Å². The average molecular weight is 264 g/mol. The van der Waals surface area contributed by atoms with E-state index in [1.54, 1.807) is 0 Å². The Morgan fingerprint density at radius 1 is 1.26 bits per heavy atom. The van der Waals surface area contributed by atoms with Crippen LogP contribution in [0.2, 0.25) is 0 Å². The highest BCUT2D eigenvalue weighted by Gasteiger charge is 2.10. The first-order chi connectivity index (χ1) is 8.90. The summed E-state index contributed by atoms with van der Waals surface area (Å²) in [6, 6.07) is 5.92. The summed E-state index contributed by atoms with van der Waals surface area (Å²) >= 11 is 0. The van der Waals surface area contributed by atoms with Gasteiger partial charge in [-0.15, -0.1) is 0 Å². The molecule has 0 bridgehead atoms. The lowest BCUT2D eigenvalue weighted by atomic mass is 10.0. The topological polar surface area (TPSA) is 67.4 Å².